The maximum absolute atomic E-state index is 5.99. The first-order chi connectivity index (χ1) is 10.8. The summed E-state index contributed by atoms with van der Waals surface area (Å²) in [4.78, 5) is 7.86. The zero-order valence-electron chi connectivity index (χ0n) is 12.0. The lowest BCUT2D eigenvalue weighted by Crippen LogP contribution is -2.39. The number of aromatic nitrogens is 2. The fraction of sp³-hybridized carbons (Fsp3) is 0.235. The van der Waals surface area contributed by atoms with Gasteiger partial charge in [-0.1, -0.05) is 29.8 Å². The lowest BCUT2D eigenvalue weighted by molar-refractivity contribution is 0.237. The average Bonchev–Trinajstić information content (AvgIpc) is 2.94. The van der Waals surface area contributed by atoms with Crippen molar-refractivity contribution >= 4 is 22.6 Å². The largest absolute Gasteiger partial charge is 0.492 e. The predicted octanol–water partition coefficient (Wildman–Crippen LogP) is 3.31. The van der Waals surface area contributed by atoms with E-state index >= 15 is 0 Å². The number of aromatic amines is 1. The molecule has 1 atom stereocenters. The summed E-state index contributed by atoms with van der Waals surface area (Å²) in [6.45, 7) is 1.37. The Kier molecular flexibility index (Phi) is 3.48. The molecule has 0 unspecified atom stereocenters. The maximum Gasteiger partial charge on any atom is 0.122 e. The molecule has 0 amide bonds. The summed E-state index contributed by atoms with van der Waals surface area (Å²) in [6, 6.07) is 14.2. The molecule has 22 heavy (non-hydrogen) atoms. The fourth-order valence-electron chi connectivity index (χ4n) is 2.82. The summed E-state index contributed by atoms with van der Waals surface area (Å²) >= 11 is 5.99. The lowest BCUT2D eigenvalue weighted by atomic mass is 10.0. The van der Waals surface area contributed by atoms with Gasteiger partial charge in [-0.15, -0.1) is 0 Å². The molecule has 3 aromatic rings. The second-order valence-electron chi connectivity index (χ2n) is 5.55. The number of benzene rings is 2. The molecule has 0 aliphatic carbocycles. The van der Waals surface area contributed by atoms with Gasteiger partial charge < -0.3 is 15.0 Å². The van der Waals surface area contributed by atoms with Crippen LogP contribution in [0.4, 0.5) is 0 Å². The highest BCUT2D eigenvalue weighted by Gasteiger charge is 2.19. The van der Waals surface area contributed by atoms with Crippen LogP contribution < -0.4 is 10.1 Å². The van der Waals surface area contributed by atoms with Crippen LogP contribution in [0.25, 0.3) is 11.0 Å². The van der Waals surface area contributed by atoms with Gasteiger partial charge in [0.1, 0.15) is 18.2 Å². The number of imidazole rings is 1. The van der Waals surface area contributed by atoms with E-state index in [1.54, 1.807) is 0 Å². The van der Waals surface area contributed by atoms with E-state index in [4.69, 9.17) is 16.3 Å². The molecule has 4 rings (SSSR count). The second-order valence-corrected chi connectivity index (χ2v) is 5.98. The van der Waals surface area contributed by atoms with Crippen LogP contribution in [0.15, 0.2) is 42.5 Å². The van der Waals surface area contributed by atoms with E-state index in [1.165, 1.54) is 5.56 Å². The lowest BCUT2D eigenvalue weighted by Gasteiger charge is -2.25. The highest BCUT2D eigenvalue weighted by atomic mass is 35.5. The molecule has 4 nitrogen and oxygen atoms in total. The van der Waals surface area contributed by atoms with E-state index in [0.717, 1.165) is 29.0 Å². The van der Waals surface area contributed by atoms with E-state index < -0.39 is 0 Å². The van der Waals surface area contributed by atoms with Crippen molar-refractivity contribution in [1.82, 2.24) is 15.3 Å². The zero-order chi connectivity index (χ0) is 14.9. The van der Waals surface area contributed by atoms with Crippen LogP contribution in [0.3, 0.4) is 0 Å². The topological polar surface area (TPSA) is 49.9 Å². The Hall–Kier alpha value is -2.04. The molecule has 1 aliphatic heterocycles. The molecule has 0 radical (unpaired) electrons. The van der Waals surface area contributed by atoms with Gasteiger partial charge in [0.15, 0.2) is 0 Å². The summed E-state index contributed by atoms with van der Waals surface area (Å²) in [5, 5.41) is 4.22. The number of rotatable bonds is 3. The fourth-order valence-corrected chi connectivity index (χ4v) is 2.99. The third-order valence-corrected chi connectivity index (χ3v) is 4.17. The van der Waals surface area contributed by atoms with Crippen molar-refractivity contribution in [3.63, 3.8) is 0 Å². The van der Waals surface area contributed by atoms with E-state index in [1.807, 2.05) is 36.4 Å². The molecular weight excluding hydrogens is 298 g/mol. The third-order valence-electron chi connectivity index (χ3n) is 3.93. The van der Waals surface area contributed by atoms with Gasteiger partial charge >= 0.3 is 0 Å². The summed E-state index contributed by atoms with van der Waals surface area (Å²) < 4.78 is 5.79. The molecular formula is C17H16ClN3O. The normalized spacial score (nSPS) is 17.2. The van der Waals surface area contributed by atoms with Gasteiger partial charge in [-0.3, -0.25) is 0 Å². The van der Waals surface area contributed by atoms with Crippen LogP contribution in [-0.2, 0) is 13.0 Å². The molecule has 112 valence electrons. The molecule has 1 aromatic heterocycles. The number of para-hydroxylation sites is 1. The van der Waals surface area contributed by atoms with E-state index in [-0.39, 0.29) is 0 Å². The minimum Gasteiger partial charge on any atom is -0.492 e. The SMILES string of the molecule is Clc1ccc2nc(CN[C@H]3COc4ccccc4C3)[nH]c2c1. The molecule has 2 N–H and O–H groups in total. The van der Waals surface area contributed by atoms with Crippen LogP contribution in [0, 0.1) is 0 Å². The summed E-state index contributed by atoms with van der Waals surface area (Å²) in [7, 11) is 0. The number of H-pyrrole nitrogens is 1. The number of nitrogens with one attached hydrogen (secondary N) is 2. The van der Waals surface area contributed by atoms with Gasteiger partial charge in [0.05, 0.1) is 17.6 Å². The Morgan fingerprint density at radius 3 is 3.14 bits per heavy atom. The molecule has 0 spiro atoms. The minimum atomic E-state index is 0.298. The van der Waals surface area contributed by atoms with Crippen LogP contribution in [-0.4, -0.2) is 22.6 Å². The Morgan fingerprint density at radius 2 is 2.18 bits per heavy atom. The Morgan fingerprint density at radius 1 is 1.27 bits per heavy atom. The number of hydrogen-bond donors (Lipinski definition) is 2. The first-order valence-electron chi connectivity index (χ1n) is 7.36. The molecule has 0 saturated heterocycles. The van der Waals surface area contributed by atoms with Crippen molar-refractivity contribution in [3.05, 3.63) is 58.9 Å². The van der Waals surface area contributed by atoms with Gasteiger partial charge in [0.2, 0.25) is 0 Å². The second kappa shape index (κ2) is 5.63. The number of hydrogen-bond acceptors (Lipinski definition) is 3. The highest BCUT2D eigenvalue weighted by molar-refractivity contribution is 6.31. The van der Waals surface area contributed by atoms with Crippen molar-refractivity contribution in [3.8, 4) is 5.75 Å². The van der Waals surface area contributed by atoms with Crippen molar-refractivity contribution < 1.29 is 4.74 Å². The summed E-state index contributed by atoms with van der Waals surface area (Å²) in [5.74, 6) is 1.91. The van der Waals surface area contributed by atoms with Crippen LogP contribution in [0.5, 0.6) is 5.75 Å². The Balaban J connectivity index is 1.44. The van der Waals surface area contributed by atoms with Crippen molar-refractivity contribution in [2.75, 3.05) is 6.61 Å². The van der Waals surface area contributed by atoms with Crippen LogP contribution >= 0.6 is 11.6 Å². The number of halogens is 1. The summed E-state index contributed by atoms with van der Waals surface area (Å²) in [6.07, 6.45) is 0.974. The van der Waals surface area contributed by atoms with Crippen molar-refractivity contribution in [2.24, 2.45) is 0 Å². The van der Waals surface area contributed by atoms with Gasteiger partial charge in [-0.25, -0.2) is 4.98 Å². The number of nitrogens with zero attached hydrogens (tertiary/aromatic N) is 1. The molecule has 5 heteroatoms. The van der Waals surface area contributed by atoms with Gasteiger partial charge in [0, 0.05) is 11.1 Å². The molecule has 0 fully saturated rings. The van der Waals surface area contributed by atoms with Crippen molar-refractivity contribution in [2.45, 2.75) is 19.0 Å². The Labute approximate surface area is 133 Å². The van der Waals surface area contributed by atoms with Crippen molar-refractivity contribution in [1.29, 1.82) is 0 Å². The number of fused-ring (bicyclic) bond motifs is 2. The standard InChI is InChI=1S/C17H16ClN3O/c18-12-5-6-14-15(8-12)21-17(20-14)9-19-13-7-11-3-1-2-4-16(11)22-10-13/h1-6,8,13,19H,7,9-10H2,(H,20,21)/t13-/m1/s1. The van der Waals surface area contributed by atoms with Gasteiger partial charge in [-0.05, 0) is 36.2 Å². The molecule has 0 saturated carbocycles. The van der Waals surface area contributed by atoms with Crippen LogP contribution in [0.1, 0.15) is 11.4 Å². The molecule has 1 aliphatic rings. The number of ether oxygens (including phenoxy) is 1. The Bertz CT molecular complexity index is 815. The smallest absolute Gasteiger partial charge is 0.122 e. The molecule has 0 bridgehead atoms. The van der Waals surface area contributed by atoms with Gasteiger partial charge in [0.25, 0.3) is 0 Å². The monoisotopic (exact) mass is 313 g/mol. The predicted molar refractivity (Wildman–Crippen MR) is 87.4 cm³/mol. The quantitative estimate of drug-likeness (QED) is 0.780. The van der Waals surface area contributed by atoms with Crippen LogP contribution in [0.2, 0.25) is 5.02 Å². The van der Waals surface area contributed by atoms with E-state index in [9.17, 15) is 0 Å². The maximum atomic E-state index is 5.99. The summed E-state index contributed by atoms with van der Waals surface area (Å²) in [5.41, 5.74) is 3.16. The van der Waals surface area contributed by atoms with Gasteiger partial charge in [-0.2, -0.15) is 0 Å². The van der Waals surface area contributed by atoms with E-state index in [0.29, 0.717) is 24.2 Å². The first kappa shape index (κ1) is 13.6. The zero-order valence-corrected chi connectivity index (χ0v) is 12.7. The minimum absolute atomic E-state index is 0.298. The molecule has 2 aromatic carbocycles. The van der Waals surface area contributed by atoms with E-state index in [2.05, 4.69) is 21.4 Å². The molecule has 2 heterocycles. The third kappa shape index (κ3) is 2.67. The highest BCUT2D eigenvalue weighted by Crippen LogP contribution is 2.24. The first-order valence-corrected chi connectivity index (χ1v) is 7.74. The average molecular weight is 314 g/mol.